The van der Waals surface area contributed by atoms with Gasteiger partial charge in [0.05, 0.1) is 22.8 Å². The summed E-state index contributed by atoms with van der Waals surface area (Å²) in [6.45, 7) is 0.109. The van der Waals surface area contributed by atoms with Crippen molar-refractivity contribution in [3.05, 3.63) is 22.2 Å². The molecular formula is C10H17N5O4S. The molecule has 0 bridgehead atoms. The normalized spacial score (nSPS) is 11.4. The second-order valence-corrected chi connectivity index (χ2v) is 6.43. The van der Waals surface area contributed by atoms with Crippen molar-refractivity contribution < 1.29 is 13.3 Å². The van der Waals surface area contributed by atoms with E-state index < -0.39 is 14.9 Å². The van der Waals surface area contributed by atoms with E-state index in [1.54, 1.807) is 7.05 Å². The standard InChI is InChI=1S/C10H17N5O4S/c1-11-9-6-8(15(16)17)7-10(13-9)12-4-5-20(18,19)14(2)3/h6-7H,4-5H2,1-3H3,(H2,11,12,13). The molecule has 1 aromatic heterocycles. The van der Waals surface area contributed by atoms with Crippen molar-refractivity contribution in [1.29, 1.82) is 0 Å². The van der Waals surface area contributed by atoms with Gasteiger partial charge in [0, 0.05) is 27.7 Å². The number of anilines is 2. The lowest BCUT2D eigenvalue weighted by molar-refractivity contribution is -0.384. The number of pyridine rings is 1. The van der Waals surface area contributed by atoms with Crippen LogP contribution in [0.15, 0.2) is 12.1 Å². The molecule has 0 amide bonds. The van der Waals surface area contributed by atoms with Crippen molar-refractivity contribution in [3.8, 4) is 0 Å². The number of nitrogens with one attached hydrogen (secondary N) is 2. The van der Waals surface area contributed by atoms with E-state index in [2.05, 4.69) is 15.6 Å². The Morgan fingerprint density at radius 1 is 1.35 bits per heavy atom. The Morgan fingerprint density at radius 2 is 1.95 bits per heavy atom. The number of rotatable bonds is 7. The Morgan fingerprint density at radius 3 is 2.45 bits per heavy atom. The van der Waals surface area contributed by atoms with E-state index in [1.165, 1.54) is 26.2 Å². The third-order valence-electron chi connectivity index (χ3n) is 2.50. The molecule has 0 aromatic carbocycles. The number of nitro groups is 1. The van der Waals surface area contributed by atoms with Gasteiger partial charge < -0.3 is 10.6 Å². The van der Waals surface area contributed by atoms with Gasteiger partial charge in [0.2, 0.25) is 10.0 Å². The minimum atomic E-state index is -3.32. The fourth-order valence-electron chi connectivity index (χ4n) is 1.33. The lowest BCUT2D eigenvalue weighted by Gasteiger charge is -2.12. The van der Waals surface area contributed by atoms with Crippen LogP contribution in [0.3, 0.4) is 0 Å². The van der Waals surface area contributed by atoms with Crippen LogP contribution >= 0.6 is 0 Å². The molecule has 0 aliphatic heterocycles. The summed E-state index contributed by atoms with van der Waals surface area (Å²) in [5.74, 6) is 0.453. The van der Waals surface area contributed by atoms with Gasteiger partial charge in [-0.3, -0.25) is 10.1 Å². The molecule has 1 rings (SSSR count). The summed E-state index contributed by atoms with van der Waals surface area (Å²) in [5.41, 5.74) is -0.123. The molecule has 0 aliphatic rings. The summed E-state index contributed by atoms with van der Waals surface area (Å²) < 4.78 is 24.2. The molecule has 0 unspecified atom stereocenters. The Hall–Kier alpha value is -1.94. The number of aromatic nitrogens is 1. The van der Waals surface area contributed by atoms with Crippen LogP contribution < -0.4 is 10.6 Å². The molecule has 10 heteroatoms. The zero-order valence-corrected chi connectivity index (χ0v) is 12.3. The van der Waals surface area contributed by atoms with E-state index in [1.807, 2.05) is 0 Å². The highest BCUT2D eigenvalue weighted by atomic mass is 32.2. The Balaban J connectivity index is 2.78. The highest BCUT2D eigenvalue weighted by Crippen LogP contribution is 2.20. The predicted molar refractivity (Wildman–Crippen MR) is 76.4 cm³/mol. The Bertz CT molecular complexity index is 587. The number of nitrogens with zero attached hydrogens (tertiary/aromatic N) is 3. The number of hydrogen-bond donors (Lipinski definition) is 2. The highest BCUT2D eigenvalue weighted by molar-refractivity contribution is 7.89. The van der Waals surface area contributed by atoms with E-state index >= 15 is 0 Å². The minimum absolute atomic E-state index is 0.109. The van der Waals surface area contributed by atoms with Crippen molar-refractivity contribution in [2.24, 2.45) is 0 Å². The molecule has 0 radical (unpaired) electrons. The number of hydrogen-bond acceptors (Lipinski definition) is 7. The molecular weight excluding hydrogens is 286 g/mol. The maximum atomic E-state index is 11.6. The van der Waals surface area contributed by atoms with Crippen LogP contribution in [-0.2, 0) is 10.0 Å². The van der Waals surface area contributed by atoms with E-state index in [0.717, 1.165) is 4.31 Å². The Kier molecular flexibility index (Phi) is 5.22. The maximum Gasteiger partial charge on any atom is 0.276 e. The average Bonchev–Trinajstić information content (AvgIpc) is 2.37. The second-order valence-electron chi connectivity index (χ2n) is 4.13. The molecule has 0 spiro atoms. The summed E-state index contributed by atoms with van der Waals surface area (Å²) in [6.07, 6.45) is 0. The summed E-state index contributed by atoms with van der Waals surface area (Å²) in [6, 6.07) is 2.55. The maximum absolute atomic E-state index is 11.6. The molecule has 20 heavy (non-hydrogen) atoms. The highest BCUT2D eigenvalue weighted by Gasteiger charge is 2.14. The van der Waals surface area contributed by atoms with E-state index in [4.69, 9.17) is 0 Å². The van der Waals surface area contributed by atoms with Gasteiger partial charge in [-0.15, -0.1) is 0 Å². The first kappa shape index (κ1) is 16.1. The van der Waals surface area contributed by atoms with Crippen molar-refractivity contribution >= 4 is 27.3 Å². The summed E-state index contributed by atoms with van der Waals surface area (Å²) in [5, 5.41) is 16.2. The van der Waals surface area contributed by atoms with Gasteiger partial charge in [0.25, 0.3) is 5.69 Å². The van der Waals surface area contributed by atoms with Gasteiger partial charge in [0.15, 0.2) is 0 Å². The first-order valence-corrected chi connectivity index (χ1v) is 7.35. The first-order chi connectivity index (χ1) is 9.26. The van der Waals surface area contributed by atoms with Crippen LogP contribution in [0.25, 0.3) is 0 Å². The smallest absolute Gasteiger partial charge is 0.276 e. The van der Waals surface area contributed by atoms with Crippen molar-refractivity contribution in [2.45, 2.75) is 0 Å². The fraction of sp³-hybridized carbons (Fsp3) is 0.500. The van der Waals surface area contributed by atoms with Crippen LogP contribution in [0.5, 0.6) is 0 Å². The molecule has 0 saturated heterocycles. The summed E-state index contributed by atoms with van der Waals surface area (Å²) >= 11 is 0. The quantitative estimate of drug-likeness (QED) is 0.550. The number of sulfonamides is 1. The molecule has 1 aromatic rings. The third-order valence-corrected chi connectivity index (χ3v) is 4.33. The average molecular weight is 303 g/mol. The van der Waals surface area contributed by atoms with Crippen LogP contribution in [0.1, 0.15) is 0 Å². The van der Waals surface area contributed by atoms with Gasteiger partial charge in [-0.1, -0.05) is 0 Å². The van der Waals surface area contributed by atoms with Crippen LogP contribution in [0.4, 0.5) is 17.3 Å². The lowest BCUT2D eigenvalue weighted by Crippen LogP contribution is -2.28. The topological polar surface area (TPSA) is 117 Å². The van der Waals surface area contributed by atoms with Gasteiger partial charge in [0.1, 0.15) is 11.6 Å². The molecule has 0 aliphatic carbocycles. The van der Waals surface area contributed by atoms with Crippen molar-refractivity contribution in [3.63, 3.8) is 0 Å². The minimum Gasteiger partial charge on any atom is -0.373 e. The van der Waals surface area contributed by atoms with Crippen LogP contribution in [-0.4, -0.2) is 56.1 Å². The molecule has 0 fully saturated rings. The van der Waals surface area contributed by atoms with Crippen LogP contribution in [0.2, 0.25) is 0 Å². The zero-order valence-electron chi connectivity index (χ0n) is 11.5. The molecule has 2 N–H and O–H groups in total. The van der Waals surface area contributed by atoms with E-state index in [-0.39, 0.29) is 23.8 Å². The van der Waals surface area contributed by atoms with E-state index in [0.29, 0.717) is 5.82 Å². The lowest BCUT2D eigenvalue weighted by atomic mass is 10.3. The van der Waals surface area contributed by atoms with Crippen LogP contribution in [0, 0.1) is 10.1 Å². The Labute approximate surface area is 117 Å². The monoisotopic (exact) mass is 303 g/mol. The molecule has 1 heterocycles. The SMILES string of the molecule is CNc1cc([N+](=O)[O-])cc(NCCS(=O)(=O)N(C)C)n1. The van der Waals surface area contributed by atoms with Gasteiger partial charge in [-0.25, -0.2) is 17.7 Å². The third kappa shape index (κ3) is 4.31. The van der Waals surface area contributed by atoms with Gasteiger partial charge in [-0.2, -0.15) is 0 Å². The molecule has 112 valence electrons. The fourth-order valence-corrected chi connectivity index (χ4v) is 2.06. The van der Waals surface area contributed by atoms with Crippen molar-refractivity contribution in [2.75, 3.05) is 44.1 Å². The van der Waals surface area contributed by atoms with Gasteiger partial charge in [-0.05, 0) is 0 Å². The zero-order chi connectivity index (χ0) is 15.3. The summed E-state index contributed by atoms with van der Waals surface area (Å²) in [7, 11) is 1.16. The molecule has 0 atom stereocenters. The second kappa shape index (κ2) is 6.48. The van der Waals surface area contributed by atoms with Gasteiger partial charge >= 0.3 is 0 Å². The molecule has 9 nitrogen and oxygen atoms in total. The first-order valence-electron chi connectivity index (χ1n) is 5.74. The largest absolute Gasteiger partial charge is 0.373 e. The van der Waals surface area contributed by atoms with Crippen molar-refractivity contribution in [1.82, 2.24) is 9.29 Å². The van der Waals surface area contributed by atoms with E-state index in [9.17, 15) is 18.5 Å². The summed E-state index contributed by atoms with van der Waals surface area (Å²) in [4.78, 5) is 14.3. The predicted octanol–water partition coefficient (Wildman–Crippen LogP) is 0.335. The molecule has 0 saturated carbocycles.